The summed E-state index contributed by atoms with van der Waals surface area (Å²) < 4.78 is 10.6. The number of amides is 1. The second-order valence-corrected chi connectivity index (χ2v) is 8.97. The number of esters is 1. The molecule has 1 aliphatic carbocycles. The highest BCUT2D eigenvalue weighted by Crippen LogP contribution is 2.22. The first-order valence-electron chi connectivity index (χ1n) is 12.5. The van der Waals surface area contributed by atoms with Crippen LogP contribution in [0.4, 0.5) is 11.4 Å². The predicted octanol–water partition coefficient (Wildman–Crippen LogP) is 4.50. The summed E-state index contributed by atoms with van der Waals surface area (Å²) in [5, 5.41) is 3.37. The lowest BCUT2D eigenvalue weighted by Crippen LogP contribution is -2.49. The second-order valence-electron chi connectivity index (χ2n) is 8.97. The summed E-state index contributed by atoms with van der Waals surface area (Å²) in [5.74, 6) is 0.181. The van der Waals surface area contributed by atoms with E-state index >= 15 is 0 Å². The molecule has 186 valence electrons. The van der Waals surface area contributed by atoms with Gasteiger partial charge in [-0.3, -0.25) is 4.79 Å². The highest BCUT2D eigenvalue weighted by Gasteiger charge is 2.23. The molecule has 0 bridgehead atoms. The van der Waals surface area contributed by atoms with Crippen LogP contribution < -0.4 is 15.0 Å². The normalized spacial score (nSPS) is 15.9. The van der Waals surface area contributed by atoms with E-state index in [4.69, 9.17) is 9.47 Å². The summed E-state index contributed by atoms with van der Waals surface area (Å²) in [5.41, 5.74) is 3.80. The number of benzene rings is 2. The number of carbonyl (C=O) groups is 2. The number of hydrogen-bond acceptors (Lipinski definition) is 6. The molecule has 0 unspecified atom stereocenters. The molecule has 1 fully saturated rings. The van der Waals surface area contributed by atoms with Crippen molar-refractivity contribution in [3.05, 3.63) is 65.7 Å². The van der Waals surface area contributed by atoms with E-state index in [0.717, 1.165) is 43.2 Å². The minimum absolute atomic E-state index is 0.164. The zero-order valence-corrected chi connectivity index (χ0v) is 20.5. The third-order valence-corrected chi connectivity index (χ3v) is 6.69. The Balaban J connectivity index is 1.23. The molecule has 2 aliphatic rings. The number of nitrogens with zero attached hydrogens (tertiary/aromatic N) is 2. The SMILES string of the molecule is COc1ccc(N2CCN(C(=O)COC(=O)c3ccccc3NCCC3=CCCCC3)CC2)cc1. The van der Waals surface area contributed by atoms with Crippen LogP contribution in [0.5, 0.6) is 5.75 Å². The van der Waals surface area contributed by atoms with Crippen LogP contribution in [0.3, 0.4) is 0 Å². The van der Waals surface area contributed by atoms with Gasteiger partial charge in [0.2, 0.25) is 0 Å². The molecule has 0 saturated carbocycles. The van der Waals surface area contributed by atoms with Gasteiger partial charge in [0.1, 0.15) is 5.75 Å². The predicted molar refractivity (Wildman–Crippen MR) is 138 cm³/mol. The maximum absolute atomic E-state index is 12.7. The van der Waals surface area contributed by atoms with Crippen molar-refractivity contribution in [1.82, 2.24) is 4.90 Å². The molecule has 0 atom stereocenters. The van der Waals surface area contributed by atoms with Crippen molar-refractivity contribution in [2.45, 2.75) is 32.1 Å². The molecule has 2 aromatic rings. The fraction of sp³-hybridized carbons (Fsp3) is 0.429. The van der Waals surface area contributed by atoms with Gasteiger partial charge in [-0.05, 0) is 68.5 Å². The minimum Gasteiger partial charge on any atom is -0.497 e. The molecule has 7 nitrogen and oxygen atoms in total. The average Bonchev–Trinajstić information content (AvgIpc) is 2.92. The molecule has 1 aliphatic heterocycles. The van der Waals surface area contributed by atoms with Crippen molar-refractivity contribution >= 4 is 23.3 Å². The van der Waals surface area contributed by atoms with Gasteiger partial charge in [0, 0.05) is 44.1 Å². The number of carbonyl (C=O) groups excluding carboxylic acids is 2. The number of ether oxygens (including phenoxy) is 2. The van der Waals surface area contributed by atoms with Crippen LogP contribution in [0.15, 0.2) is 60.2 Å². The van der Waals surface area contributed by atoms with Gasteiger partial charge in [0.15, 0.2) is 6.61 Å². The molecule has 0 radical (unpaired) electrons. The molecule has 0 spiro atoms. The van der Waals surface area contributed by atoms with Crippen LogP contribution >= 0.6 is 0 Å². The molecule has 1 heterocycles. The zero-order chi connectivity index (χ0) is 24.5. The van der Waals surface area contributed by atoms with E-state index in [9.17, 15) is 9.59 Å². The van der Waals surface area contributed by atoms with Crippen LogP contribution in [-0.2, 0) is 9.53 Å². The molecule has 4 rings (SSSR count). The largest absolute Gasteiger partial charge is 0.497 e. The summed E-state index contributed by atoms with van der Waals surface area (Å²) in [7, 11) is 1.65. The van der Waals surface area contributed by atoms with Crippen LogP contribution in [-0.4, -0.2) is 63.2 Å². The quantitative estimate of drug-likeness (QED) is 0.424. The molecular weight excluding hydrogens is 442 g/mol. The van der Waals surface area contributed by atoms with E-state index in [-0.39, 0.29) is 12.5 Å². The third kappa shape index (κ3) is 6.78. The van der Waals surface area contributed by atoms with E-state index in [2.05, 4.69) is 16.3 Å². The fourth-order valence-electron chi connectivity index (χ4n) is 4.61. The van der Waals surface area contributed by atoms with Gasteiger partial charge >= 0.3 is 5.97 Å². The van der Waals surface area contributed by atoms with Crippen LogP contribution in [0.2, 0.25) is 0 Å². The van der Waals surface area contributed by atoms with Gasteiger partial charge in [-0.1, -0.05) is 23.8 Å². The lowest BCUT2D eigenvalue weighted by molar-refractivity contribution is -0.134. The van der Waals surface area contributed by atoms with Crippen LogP contribution in [0.1, 0.15) is 42.5 Å². The molecule has 35 heavy (non-hydrogen) atoms. The van der Waals surface area contributed by atoms with Crippen molar-refractivity contribution in [3.8, 4) is 5.75 Å². The Bertz CT molecular complexity index is 1030. The Morgan fingerprint density at radius 3 is 2.46 bits per heavy atom. The fourth-order valence-corrected chi connectivity index (χ4v) is 4.61. The number of para-hydroxylation sites is 1. The number of anilines is 2. The number of nitrogens with one attached hydrogen (secondary N) is 1. The topological polar surface area (TPSA) is 71.1 Å². The van der Waals surface area contributed by atoms with E-state index < -0.39 is 5.97 Å². The van der Waals surface area contributed by atoms with E-state index in [1.165, 1.54) is 31.3 Å². The first kappa shape index (κ1) is 24.6. The summed E-state index contributed by atoms with van der Waals surface area (Å²) in [6.07, 6.45) is 8.20. The second kappa shape index (κ2) is 12.3. The molecular formula is C28H35N3O4. The Hall–Kier alpha value is -3.48. The summed E-state index contributed by atoms with van der Waals surface area (Å²) in [6, 6.07) is 15.2. The van der Waals surface area contributed by atoms with E-state index in [0.29, 0.717) is 18.7 Å². The molecule has 1 saturated heterocycles. The van der Waals surface area contributed by atoms with Gasteiger partial charge in [-0.15, -0.1) is 0 Å². The highest BCUT2D eigenvalue weighted by atomic mass is 16.5. The Labute approximate surface area is 207 Å². The van der Waals surface area contributed by atoms with Crippen LogP contribution in [0, 0.1) is 0 Å². The van der Waals surface area contributed by atoms with Crippen molar-refractivity contribution in [2.24, 2.45) is 0 Å². The highest BCUT2D eigenvalue weighted by molar-refractivity contribution is 5.96. The Kier molecular flexibility index (Phi) is 8.65. The average molecular weight is 478 g/mol. The van der Waals surface area contributed by atoms with Gasteiger partial charge in [-0.25, -0.2) is 4.79 Å². The first-order valence-corrected chi connectivity index (χ1v) is 12.5. The van der Waals surface area contributed by atoms with Crippen molar-refractivity contribution in [3.63, 3.8) is 0 Å². The zero-order valence-electron chi connectivity index (χ0n) is 20.5. The summed E-state index contributed by atoms with van der Waals surface area (Å²) >= 11 is 0. The monoisotopic (exact) mass is 477 g/mol. The minimum atomic E-state index is -0.477. The third-order valence-electron chi connectivity index (χ3n) is 6.69. The summed E-state index contributed by atoms with van der Waals surface area (Å²) in [6.45, 7) is 3.17. The number of rotatable bonds is 9. The summed E-state index contributed by atoms with van der Waals surface area (Å²) in [4.78, 5) is 29.4. The lowest BCUT2D eigenvalue weighted by Gasteiger charge is -2.36. The van der Waals surface area contributed by atoms with E-state index in [1.807, 2.05) is 42.5 Å². The van der Waals surface area contributed by atoms with Gasteiger partial charge in [0.25, 0.3) is 5.91 Å². The Morgan fingerprint density at radius 2 is 1.74 bits per heavy atom. The van der Waals surface area contributed by atoms with Crippen molar-refractivity contribution in [1.29, 1.82) is 0 Å². The van der Waals surface area contributed by atoms with Gasteiger partial charge < -0.3 is 24.6 Å². The van der Waals surface area contributed by atoms with Gasteiger partial charge in [-0.2, -0.15) is 0 Å². The molecule has 7 heteroatoms. The van der Waals surface area contributed by atoms with E-state index in [1.54, 1.807) is 18.1 Å². The maximum atomic E-state index is 12.7. The number of methoxy groups -OCH3 is 1. The van der Waals surface area contributed by atoms with Gasteiger partial charge in [0.05, 0.1) is 12.7 Å². The number of allylic oxidation sites excluding steroid dienone is 1. The maximum Gasteiger partial charge on any atom is 0.340 e. The number of hydrogen-bond donors (Lipinski definition) is 1. The molecule has 1 amide bonds. The van der Waals surface area contributed by atoms with Crippen molar-refractivity contribution in [2.75, 3.05) is 56.7 Å². The number of piperazine rings is 1. The first-order chi connectivity index (χ1) is 17.1. The Morgan fingerprint density at radius 1 is 0.971 bits per heavy atom. The molecule has 0 aromatic heterocycles. The molecule has 2 aromatic carbocycles. The standard InChI is InChI=1S/C28H35N3O4/c1-34-24-13-11-23(12-14-24)30-17-19-31(20-18-30)27(32)21-35-28(33)25-9-5-6-10-26(25)29-16-15-22-7-3-2-4-8-22/h5-7,9-14,29H,2-4,8,15-21H2,1H3. The van der Waals surface area contributed by atoms with Crippen LogP contribution in [0.25, 0.3) is 0 Å². The molecule has 1 N–H and O–H groups in total. The lowest BCUT2D eigenvalue weighted by atomic mass is 9.97. The smallest absolute Gasteiger partial charge is 0.340 e. The van der Waals surface area contributed by atoms with Crippen molar-refractivity contribution < 1.29 is 19.1 Å².